The van der Waals surface area contributed by atoms with Gasteiger partial charge in [0.05, 0.1) is 16.3 Å². The fourth-order valence-corrected chi connectivity index (χ4v) is 3.75. The maximum Gasteiger partial charge on any atom is 0.262 e. The molecule has 0 saturated heterocycles. The fourth-order valence-electron chi connectivity index (χ4n) is 2.40. The number of carbonyl (C=O) groups excluding carboxylic acids is 1. The van der Waals surface area contributed by atoms with Gasteiger partial charge in [0.25, 0.3) is 5.91 Å². The van der Waals surface area contributed by atoms with E-state index in [-0.39, 0.29) is 5.91 Å². The van der Waals surface area contributed by atoms with Gasteiger partial charge in [-0.15, -0.1) is 11.3 Å². The molecule has 3 rings (SSSR count). The van der Waals surface area contributed by atoms with Gasteiger partial charge in [0.1, 0.15) is 11.5 Å². The molecule has 2 heterocycles. The van der Waals surface area contributed by atoms with Crippen molar-refractivity contribution >= 4 is 49.9 Å². The molecular weight excluding hydrogens is 412 g/mol. The van der Waals surface area contributed by atoms with E-state index in [2.05, 4.69) is 26.2 Å². The molecular formula is C17H14BrClN2O2S. The molecule has 0 spiro atoms. The van der Waals surface area contributed by atoms with Gasteiger partial charge in [-0.25, -0.2) is 4.98 Å². The molecule has 0 unspecified atom stereocenters. The molecule has 3 aromatic rings. The van der Waals surface area contributed by atoms with Crippen LogP contribution in [0.4, 0.5) is 5.13 Å². The average Bonchev–Trinajstić information content (AvgIpc) is 3.00. The summed E-state index contributed by atoms with van der Waals surface area (Å²) in [5, 5.41) is 3.68. The highest BCUT2D eigenvalue weighted by Gasteiger charge is 2.21. The molecule has 4 nitrogen and oxygen atoms in total. The van der Waals surface area contributed by atoms with E-state index in [4.69, 9.17) is 16.0 Å². The second kappa shape index (κ2) is 6.70. The van der Waals surface area contributed by atoms with Crippen molar-refractivity contribution in [3.63, 3.8) is 0 Å². The number of rotatable bonds is 3. The Morgan fingerprint density at radius 3 is 2.46 bits per heavy atom. The van der Waals surface area contributed by atoms with E-state index in [0.29, 0.717) is 27.2 Å². The molecule has 0 saturated carbocycles. The van der Waals surface area contributed by atoms with Crippen LogP contribution in [-0.2, 0) is 0 Å². The highest BCUT2D eigenvalue weighted by Crippen LogP contribution is 2.32. The Bertz CT molecular complexity index is 916. The molecule has 1 amide bonds. The van der Waals surface area contributed by atoms with Gasteiger partial charge in [-0.3, -0.25) is 10.1 Å². The number of carbonyl (C=O) groups is 1. The number of hydrogen-bond donors (Lipinski definition) is 1. The molecule has 0 aliphatic rings. The van der Waals surface area contributed by atoms with Crippen LogP contribution >= 0.6 is 38.9 Å². The molecule has 0 radical (unpaired) electrons. The first-order chi connectivity index (χ1) is 11.4. The first-order valence-corrected chi connectivity index (χ1v) is 9.15. The average molecular weight is 426 g/mol. The molecule has 0 fully saturated rings. The number of thiazole rings is 1. The van der Waals surface area contributed by atoms with Crippen molar-refractivity contribution in [1.82, 2.24) is 4.98 Å². The van der Waals surface area contributed by atoms with Crippen molar-refractivity contribution in [2.24, 2.45) is 0 Å². The van der Waals surface area contributed by atoms with E-state index in [0.717, 1.165) is 20.6 Å². The molecule has 0 bridgehead atoms. The van der Waals surface area contributed by atoms with Crippen LogP contribution in [0.2, 0.25) is 5.02 Å². The van der Waals surface area contributed by atoms with E-state index in [9.17, 15) is 4.79 Å². The lowest BCUT2D eigenvalue weighted by molar-refractivity contribution is 0.102. The maximum atomic E-state index is 12.5. The third-order valence-electron chi connectivity index (χ3n) is 3.55. The second-order valence-corrected chi connectivity index (χ2v) is 7.79. The predicted molar refractivity (Wildman–Crippen MR) is 101 cm³/mol. The SMILES string of the molecule is Cc1oc(C)c(C(=O)Nc2nc(-c3ccc(Br)cc3)c(C)s2)c1Cl. The van der Waals surface area contributed by atoms with Crippen molar-refractivity contribution in [3.8, 4) is 11.3 Å². The predicted octanol–water partition coefficient (Wildman–Crippen LogP) is 6.00. The summed E-state index contributed by atoms with van der Waals surface area (Å²) in [6, 6.07) is 7.89. The summed E-state index contributed by atoms with van der Waals surface area (Å²) in [5.41, 5.74) is 2.21. The number of halogens is 2. The van der Waals surface area contributed by atoms with Crippen LogP contribution in [0.1, 0.15) is 26.8 Å². The largest absolute Gasteiger partial charge is 0.464 e. The van der Waals surface area contributed by atoms with Crippen molar-refractivity contribution in [2.75, 3.05) is 5.32 Å². The molecule has 1 N–H and O–H groups in total. The topological polar surface area (TPSA) is 55.1 Å². The van der Waals surface area contributed by atoms with Gasteiger partial charge in [0.15, 0.2) is 5.13 Å². The standard InChI is InChI=1S/C17H14BrClN2O2S/c1-8-13(14(19)9(2)23-8)16(22)21-17-20-15(10(3)24-17)11-4-6-12(18)7-5-11/h4-7H,1-3H3,(H,20,21,22). The van der Waals surface area contributed by atoms with Crippen LogP contribution in [-0.4, -0.2) is 10.9 Å². The first kappa shape index (κ1) is 17.2. The number of amides is 1. The Balaban J connectivity index is 1.88. The van der Waals surface area contributed by atoms with Gasteiger partial charge in [0, 0.05) is 14.9 Å². The van der Waals surface area contributed by atoms with Gasteiger partial charge in [0.2, 0.25) is 0 Å². The maximum absolute atomic E-state index is 12.5. The van der Waals surface area contributed by atoms with Crippen LogP contribution in [0.15, 0.2) is 33.2 Å². The Morgan fingerprint density at radius 2 is 1.88 bits per heavy atom. The Hall–Kier alpha value is -1.63. The van der Waals surface area contributed by atoms with Crippen LogP contribution in [0.25, 0.3) is 11.3 Å². The first-order valence-electron chi connectivity index (χ1n) is 7.17. The fraction of sp³-hybridized carbons (Fsp3) is 0.176. The number of aromatic nitrogens is 1. The van der Waals surface area contributed by atoms with Crippen molar-refractivity contribution in [3.05, 3.63) is 55.7 Å². The number of furan rings is 1. The quantitative estimate of drug-likeness (QED) is 0.560. The summed E-state index contributed by atoms with van der Waals surface area (Å²) in [6.45, 7) is 5.42. The number of nitrogens with one attached hydrogen (secondary N) is 1. The molecule has 124 valence electrons. The third-order valence-corrected chi connectivity index (χ3v) is 5.42. The molecule has 0 atom stereocenters. The molecule has 0 aliphatic heterocycles. The lowest BCUT2D eigenvalue weighted by atomic mass is 10.1. The normalized spacial score (nSPS) is 10.9. The van der Waals surface area contributed by atoms with E-state index in [1.807, 2.05) is 31.2 Å². The highest BCUT2D eigenvalue weighted by molar-refractivity contribution is 9.10. The number of aryl methyl sites for hydroxylation is 3. The van der Waals surface area contributed by atoms with E-state index in [1.165, 1.54) is 11.3 Å². The minimum Gasteiger partial charge on any atom is -0.464 e. The Labute approximate surface area is 157 Å². The van der Waals surface area contributed by atoms with E-state index < -0.39 is 0 Å². The zero-order valence-electron chi connectivity index (χ0n) is 13.2. The third kappa shape index (κ3) is 3.27. The molecule has 2 aromatic heterocycles. The highest BCUT2D eigenvalue weighted by atomic mass is 79.9. The molecule has 1 aromatic carbocycles. The summed E-state index contributed by atoms with van der Waals surface area (Å²) in [4.78, 5) is 18.0. The Morgan fingerprint density at radius 1 is 1.21 bits per heavy atom. The van der Waals surface area contributed by atoms with Crippen LogP contribution in [0, 0.1) is 20.8 Å². The number of anilines is 1. The lowest BCUT2D eigenvalue weighted by Crippen LogP contribution is -2.12. The van der Waals surface area contributed by atoms with Gasteiger partial charge in [-0.1, -0.05) is 39.7 Å². The number of nitrogens with zero attached hydrogens (tertiary/aromatic N) is 1. The second-order valence-electron chi connectivity index (χ2n) is 5.29. The minimum absolute atomic E-state index is 0.314. The summed E-state index contributed by atoms with van der Waals surface area (Å²) < 4.78 is 6.41. The zero-order valence-corrected chi connectivity index (χ0v) is 16.4. The zero-order chi connectivity index (χ0) is 17.4. The monoisotopic (exact) mass is 424 g/mol. The van der Waals surface area contributed by atoms with E-state index >= 15 is 0 Å². The number of benzene rings is 1. The van der Waals surface area contributed by atoms with Gasteiger partial charge in [-0.2, -0.15) is 0 Å². The Kier molecular flexibility index (Phi) is 4.80. The summed E-state index contributed by atoms with van der Waals surface area (Å²) in [6.07, 6.45) is 0. The summed E-state index contributed by atoms with van der Waals surface area (Å²) in [5.74, 6) is 0.715. The van der Waals surface area contributed by atoms with Gasteiger partial charge in [-0.05, 0) is 32.9 Å². The van der Waals surface area contributed by atoms with Crippen LogP contribution < -0.4 is 5.32 Å². The molecule has 0 aliphatic carbocycles. The minimum atomic E-state index is -0.314. The van der Waals surface area contributed by atoms with E-state index in [1.54, 1.807) is 13.8 Å². The number of hydrogen-bond acceptors (Lipinski definition) is 4. The molecule has 7 heteroatoms. The summed E-state index contributed by atoms with van der Waals surface area (Å²) in [7, 11) is 0. The van der Waals surface area contributed by atoms with Crippen LogP contribution in [0.3, 0.4) is 0 Å². The lowest BCUT2D eigenvalue weighted by Gasteiger charge is -2.01. The van der Waals surface area contributed by atoms with Gasteiger partial charge < -0.3 is 4.42 Å². The summed E-state index contributed by atoms with van der Waals surface area (Å²) >= 11 is 11.0. The van der Waals surface area contributed by atoms with Crippen molar-refractivity contribution < 1.29 is 9.21 Å². The van der Waals surface area contributed by atoms with Crippen molar-refractivity contribution in [2.45, 2.75) is 20.8 Å². The van der Waals surface area contributed by atoms with Gasteiger partial charge >= 0.3 is 0 Å². The van der Waals surface area contributed by atoms with Crippen LogP contribution in [0.5, 0.6) is 0 Å². The van der Waals surface area contributed by atoms with Crippen molar-refractivity contribution in [1.29, 1.82) is 0 Å². The molecule has 24 heavy (non-hydrogen) atoms. The smallest absolute Gasteiger partial charge is 0.262 e.